The van der Waals surface area contributed by atoms with Crippen LogP contribution in [-0.2, 0) is 14.3 Å². The molecule has 0 unspecified atom stereocenters. The number of carbonyl (C=O) groups is 1. The summed E-state index contributed by atoms with van der Waals surface area (Å²) in [6, 6.07) is 0. The maximum Gasteiger partial charge on any atom is 0.311 e. The lowest BCUT2D eigenvalue weighted by molar-refractivity contribution is -0.156. The van der Waals surface area contributed by atoms with Crippen LogP contribution >= 0.6 is 0 Å². The van der Waals surface area contributed by atoms with Gasteiger partial charge in [-0.1, -0.05) is 6.92 Å². The summed E-state index contributed by atoms with van der Waals surface area (Å²) in [6.45, 7) is 7.27. The summed E-state index contributed by atoms with van der Waals surface area (Å²) >= 11 is 0. The molecule has 0 aromatic carbocycles. The second-order valence-electron chi connectivity index (χ2n) is 3.35. The van der Waals surface area contributed by atoms with Gasteiger partial charge in [0.2, 0.25) is 6.47 Å². The molecule has 0 heterocycles. The van der Waals surface area contributed by atoms with E-state index in [1.807, 2.05) is 20.8 Å². The third-order valence-corrected chi connectivity index (χ3v) is 1.94. The van der Waals surface area contributed by atoms with Crippen LogP contribution in [0.5, 0.6) is 0 Å². The lowest BCUT2D eigenvalue weighted by atomic mass is 9.91. The smallest absolute Gasteiger partial charge is 0.311 e. The molecule has 0 aliphatic carbocycles. The van der Waals surface area contributed by atoms with Crippen LogP contribution < -0.4 is 0 Å². The molecule has 0 fully saturated rings. The lowest BCUT2D eigenvalue weighted by Gasteiger charge is -2.20. The molecule has 0 amide bonds. The Morgan fingerprint density at radius 3 is 2.62 bits per heavy atom. The first-order valence-corrected chi connectivity index (χ1v) is 4.25. The average Bonchev–Trinajstić information content (AvgIpc) is 2.12. The molecule has 4 nitrogen and oxygen atoms in total. The Morgan fingerprint density at radius 2 is 2.15 bits per heavy atom. The van der Waals surface area contributed by atoms with Crippen LogP contribution in [0.3, 0.4) is 0 Å². The highest BCUT2D eigenvalue weighted by Crippen LogP contribution is 2.21. The van der Waals surface area contributed by atoms with Crippen LogP contribution in [0.4, 0.5) is 0 Å². The highest BCUT2D eigenvalue weighted by Gasteiger charge is 2.26. The summed E-state index contributed by atoms with van der Waals surface area (Å²) in [7, 11) is 0. The quantitative estimate of drug-likeness (QED) is 0.265. The fourth-order valence-corrected chi connectivity index (χ4v) is 0.569. The fraction of sp³-hybridized carbons (Fsp3) is 0.778. The maximum absolute atomic E-state index is 11.3. The zero-order valence-electron chi connectivity index (χ0n) is 8.29. The van der Waals surface area contributed by atoms with Crippen molar-refractivity contribution in [1.29, 1.82) is 0 Å². The Morgan fingerprint density at radius 1 is 1.54 bits per heavy atom. The summed E-state index contributed by atoms with van der Waals surface area (Å²) in [5.41, 5.74) is -0.453. The molecule has 0 aliphatic rings. The highest BCUT2D eigenvalue weighted by molar-refractivity contribution is 5.75. The van der Waals surface area contributed by atoms with Gasteiger partial charge in [0.25, 0.3) is 0 Å². The van der Waals surface area contributed by atoms with Gasteiger partial charge in [-0.15, -0.1) is 0 Å². The van der Waals surface area contributed by atoms with E-state index in [-0.39, 0.29) is 19.2 Å². The Bertz CT molecular complexity index is 174. The molecular formula is C9H16O4. The first-order chi connectivity index (χ1) is 6.04. The van der Waals surface area contributed by atoms with Crippen molar-refractivity contribution in [3.05, 3.63) is 0 Å². The van der Waals surface area contributed by atoms with Crippen molar-refractivity contribution in [2.45, 2.75) is 27.2 Å². The van der Waals surface area contributed by atoms with Gasteiger partial charge < -0.3 is 9.47 Å². The summed E-state index contributed by atoms with van der Waals surface area (Å²) in [5, 5.41) is 0. The Labute approximate surface area is 78.2 Å². The molecule has 0 bridgehead atoms. The van der Waals surface area contributed by atoms with Crippen LogP contribution in [0.25, 0.3) is 0 Å². The van der Waals surface area contributed by atoms with E-state index >= 15 is 0 Å². The molecule has 0 spiro atoms. The number of hydrogen-bond acceptors (Lipinski definition) is 3. The second-order valence-corrected chi connectivity index (χ2v) is 3.35. The molecule has 13 heavy (non-hydrogen) atoms. The molecule has 0 aromatic heterocycles. The van der Waals surface area contributed by atoms with E-state index in [1.165, 1.54) is 6.47 Å². The molecule has 0 atom stereocenters. The third-order valence-electron chi connectivity index (χ3n) is 1.94. The number of esters is 1. The second kappa shape index (κ2) is 5.56. The number of ether oxygens (including phenoxy) is 2. The monoisotopic (exact) mass is 188 g/mol. The van der Waals surface area contributed by atoms with Gasteiger partial charge >= 0.3 is 5.97 Å². The van der Waals surface area contributed by atoms with Crippen molar-refractivity contribution in [2.24, 2.45) is 5.41 Å². The molecule has 76 valence electrons. The number of rotatable bonds is 6. The van der Waals surface area contributed by atoms with Gasteiger partial charge in [-0.05, 0) is 20.3 Å². The molecule has 0 rings (SSSR count). The topological polar surface area (TPSA) is 56.2 Å². The van der Waals surface area contributed by atoms with Crippen LogP contribution in [0.15, 0.2) is 0 Å². The Balaban J connectivity index is 3.68. The zero-order valence-corrected chi connectivity index (χ0v) is 8.29. The van der Waals surface area contributed by atoms with Crippen molar-refractivity contribution in [2.75, 3.05) is 13.2 Å². The molecule has 0 radical (unpaired) electrons. The first-order valence-electron chi connectivity index (χ1n) is 4.25. The van der Waals surface area contributed by atoms with E-state index < -0.39 is 5.41 Å². The zero-order chi connectivity index (χ0) is 10.3. The van der Waals surface area contributed by atoms with Gasteiger partial charge in [0.1, 0.15) is 13.2 Å². The van der Waals surface area contributed by atoms with Crippen molar-refractivity contribution in [3.8, 4) is 0 Å². The van der Waals surface area contributed by atoms with Crippen LogP contribution in [0, 0.1) is 5.41 Å². The summed E-state index contributed by atoms with van der Waals surface area (Å²) < 4.78 is 8.16. The van der Waals surface area contributed by atoms with Gasteiger partial charge in [-0.25, -0.2) is 4.79 Å². The van der Waals surface area contributed by atoms with E-state index in [4.69, 9.17) is 4.74 Å². The Hall–Kier alpha value is -1.06. The minimum atomic E-state index is -0.453. The SMILES string of the molecule is CCC(C)(C)C(=O)OCC[OH+][C-]=O. The first kappa shape index (κ1) is 11.9. The predicted molar refractivity (Wildman–Crippen MR) is 47.8 cm³/mol. The van der Waals surface area contributed by atoms with Crippen LogP contribution in [0.2, 0.25) is 0 Å². The number of carbonyl (C=O) groups excluding carboxylic acids is 1. The molecule has 4 heteroatoms. The predicted octanol–water partition coefficient (Wildman–Crippen LogP) is 0.561. The maximum atomic E-state index is 11.3. The van der Waals surface area contributed by atoms with E-state index in [0.29, 0.717) is 0 Å². The van der Waals surface area contributed by atoms with Gasteiger partial charge in [0.15, 0.2) is 0 Å². The van der Waals surface area contributed by atoms with Gasteiger partial charge in [-0.2, -0.15) is 0 Å². The minimum Gasteiger partial charge on any atom is -0.715 e. The standard InChI is InChI=1S/C9H16O4/c1-4-9(2,3)8(11)13-6-5-12-7-10/h12H,4-6H2,1-3H3. The number of aliphatic hydroxyl groups is 1. The van der Waals surface area contributed by atoms with E-state index in [2.05, 4.69) is 4.74 Å². The van der Waals surface area contributed by atoms with Gasteiger partial charge in [-0.3, -0.25) is 4.79 Å². The summed E-state index contributed by atoms with van der Waals surface area (Å²) in [6.07, 6.45) is 0.725. The van der Waals surface area contributed by atoms with E-state index in [1.54, 1.807) is 0 Å². The minimum absolute atomic E-state index is 0.150. The van der Waals surface area contributed by atoms with Gasteiger partial charge in [0.05, 0.1) is 5.41 Å². The van der Waals surface area contributed by atoms with Crippen molar-refractivity contribution in [3.63, 3.8) is 0 Å². The molecule has 0 saturated carbocycles. The fourth-order valence-electron chi connectivity index (χ4n) is 0.569. The van der Waals surface area contributed by atoms with E-state index in [9.17, 15) is 9.59 Å². The van der Waals surface area contributed by atoms with Crippen LogP contribution in [-0.4, -0.2) is 30.4 Å². The van der Waals surface area contributed by atoms with E-state index in [0.717, 1.165) is 6.42 Å². The van der Waals surface area contributed by atoms with Crippen molar-refractivity contribution < 1.29 is 19.1 Å². The number of hydrogen-bond donors (Lipinski definition) is 0. The van der Waals surface area contributed by atoms with Gasteiger partial charge in [0, 0.05) is 0 Å². The van der Waals surface area contributed by atoms with Crippen LogP contribution in [0.1, 0.15) is 27.2 Å². The van der Waals surface area contributed by atoms with Crippen molar-refractivity contribution >= 4 is 12.4 Å². The summed E-state index contributed by atoms with van der Waals surface area (Å²) in [5.74, 6) is -0.254. The molecule has 0 aliphatic heterocycles. The largest absolute Gasteiger partial charge is 0.715 e. The normalized spacial score (nSPS) is 10.7. The summed E-state index contributed by atoms with van der Waals surface area (Å²) in [4.78, 5) is 21.0. The molecule has 1 N–H and O–H groups in total. The average molecular weight is 188 g/mol. The lowest BCUT2D eigenvalue weighted by Crippen LogP contribution is -2.27. The molecule has 0 aromatic rings. The third kappa shape index (κ3) is 4.50. The van der Waals surface area contributed by atoms with Crippen molar-refractivity contribution in [1.82, 2.24) is 0 Å². The Kier molecular flexibility index (Phi) is 5.11. The molecule has 0 saturated heterocycles. The molecular weight excluding hydrogens is 172 g/mol. The highest BCUT2D eigenvalue weighted by atomic mass is 16.6.